The predicted octanol–water partition coefficient (Wildman–Crippen LogP) is 4.56. The molecule has 1 N–H and O–H groups in total. The monoisotopic (exact) mass is 325 g/mol. The number of rotatable bonds is 6. The van der Waals surface area contributed by atoms with Gasteiger partial charge in [-0.3, -0.25) is 4.79 Å². The van der Waals surface area contributed by atoms with Crippen molar-refractivity contribution < 1.29 is 14.3 Å². The minimum Gasteiger partial charge on any atom is -0.484 e. The van der Waals surface area contributed by atoms with E-state index >= 15 is 0 Å². The molecule has 0 aliphatic carbocycles. The van der Waals surface area contributed by atoms with Crippen LogP contribution in [0.5, 0.6) is 17.2 Å². The number of carbonyl (C=O) groups is 1. The van der Waals surface area contributed by atoms with Crippen LogP contribution in [-0.2, 0) is 4.79 Å². The quantitative estimate of drug-likeness (QED) is 0.723. The van der Waals surface area contributed by atoms with Crippen LogP contribution < -0.4 is 14.8 Å². The van der Waals surface area contributed by atoms with Crippen LogP contribution in [-0.4, -0.2) is 12.5 Å². The average Bonchev–Trinajstić information content (AvgIpc) is 3.08. The number of ether oxygens (including phenoxy) is 2. The molecule has 0 spiro atoms. The summed E-state index contributed by atoms with van der Waals surface area (Å²) in [7, 11) is 0. The van der Waals surface area contributed by atoms with Crippen LogP contribution in [0.15, 0.2) is 71.4 Å². The van der Waals surface area contributed by atoms with Gasteiger partial charge in [0, 0.05) is 5.38 Å². The molecule has 5 heteroatoms. The van der Waals surface area contributed by atoms with E-state index in [0.29, 0.717) is 11.5 Å². The molecule has 0 saturated heterocycles. The maximum Gasteiger partial charge on any atom is 0.262 e. The summed E-state index contributed by atoms with van der Waals surface area (Å²) < 4.78 is 11.2. The van der Waals surface area contributed by atoms with Crippen LogP contribution in [0.3, 0.4) is 0 Å². The number of benzene rings is 2. The average molecular weight is 325 g/mol. The standard InChI is InChI=1S/C18H15NO3S/c20-18(19-14-10-11-23-13-14)12-21-15-6-8-17(9-7-15)22-16-4-2-1-3-5-16/h1-11,13H,12H2,(H,19,20). The number of anilines is 1. The van der Waals surface area contributed by atoms with Gasteiger partial charge < -0.3 is 14.8 Å². The van der Waals surface area contributed by atoms with E-state index < -0.39 is 0 Å². The number of hydrogen-bond donors (Lipinski definition) is 1. The van der Waals surface area contributed by atoms with Crippen LogP contribution in [0.25, 0.3) is 0 Å². The Morgan fingerprint density at radius 1 is 0.913 bits per heavy atom. The first-order valence-corrected chi connectivity index (χ1v) is 8.02. The number of thiophene rings is 1. The van der Waals surface area contributed by atoms with Gasteiger partial charge in [-0.15, -0.1) is 0 Å². The molecule has 0 bridgehead atoms. The maximum absolute atomic E-state index is 11.7. The van der Waals surface area contributed by atoms with Gasteiger partial charge in [0.2, 0.25) is 0 Å². The van der Waals surface area contributed by atoms with Crippen molar-refractivity contribution >= 4 is 22.9 Å². The number of amides is 1. The Morgan fingerprint density at radius 2 is 1.61 bits per heavy atom. The van der Waals surface area contributed by atoms with Gasteiger partial charge in [-0.2, -0.15) is 11.3 Å². The van der Waals surface area contributed by atoms with Gasteiger partial charge in [-0.05, 0) is 47.8 Å². The Morgan fingerprint density at radius 3 is 2.30 bits per heavy atom. The lowest BCUT2D eigenvalue weighted by Gasteiger charge is -2.08. The maximum atomic E-state index is 11.7. The van der Waals surface area contributed by atoms with Crippen molar-refractivity contribution in [2.75, 3.05) is 11.9 Å². The molecule has 0 radical (unpaired) electrons. The van der Waals surface area contributed by atoms with E-state index in [4.69, 9.17) is 9.47 Å². The summed E-state index contributed by atoms with van der Waals surface area (Å²) in [6, 6.07) is 18.5. The molecule has 0 aliphatic heterocycles. The third-order valence-corrected chi connectivity index (χ3v) is 3.66. The molecule has 0 atom stereocenters. The summed E-state index contributed by atoms with van der Waals surface area (Å²) in [6.45, 7) is -0.0330. The lowest BCUT2D eigenvalue weighted by Crippen LogP contribution is -2.19. The number of para-hydroxylation sites is 1. The Balaban J connectivity index is 1.50. The van der Waals surface area contributed by atoms with Crippen LogP contribution in [0, 0.1) is 0 Å². The Bertz CT molecular complexity index is 740. The van der Waals surface area contributed by atoms with Crippen LogP contribution >= 0.6 is 11.3 Å². The Labute approximate surface area is 138 Å². The zero-order chi connectivity index (χ0) is 15.9. The van der Waals surface area contributed by atoms with E-state index in [1.54, 1.807) is 24.3 Å². The summed E-state index contributed by atoms with van der Waals surface area (Å²) in [5, 5.41) is 6.53. The van der Waals surface area contributed by atoms with Gasteiger partial charge in [-0.1, -0.05) is 18.2 Å². The molecule has 0 saturated carbocycles. The number of carbonyl (C=O) groups excluding carboxylic acids is 1. The minimum absolute atomic E-state index is 0.0330. The first-order chi connectivity index (χ1) is 11.3. The van der Waals surface area contributed by atoms with E-state index in [1.807, 2.05) is 47.2 Å². The smallest absolute Gasteiger partial charge is 0.262 e. The highest BCUT2D eigenvalue weighted by molar-refractivity contribution is 7.08. The summed E-state index contributed by atoms with van der Waals surface area (Å²) in [6.07, 6.45) is 0. The summed E-state index contributed by atoms with van der Waals surface area (Å²) in [4.78, 5) is 11.7. The van der Waals surface area contributed by atoms with Gasteiger partial charge in [-0.25, -0.2) is 0 Å². The molecule has 23 heavy (non-hydrogen) atoms. The third kappa shape index (κ3) is 4.59. The van der Waals surface area contributed by atoms with Crippen LogP contribution in [0.1, 0.15) is 0 Å². The molecule has 1 heterocycles. The van der Waals surface area contributed by atoms with Crippen LogP contribution in [0.2, 0.25) is 0 Å². The third-order valence-electron chi connectivity index (χ3n) is 2.98. The lowest BCUT2D eigenvalue weighted by molar-refractivity contribution is -0.118. The van der Waals surface area contributed by atoms with E-state index in [-0.39, 0.29) is 12.5 Å². The topological polar surface area (TPSA) is 47.6 Å². The second kappa shape index (κ2) is 7.47. The summed E-state index contributed by atoms with van der Waals surface area (Å²) in [5.74, 6) is 1.92. The molecule has 0 fully saturated rings. The highest BCUT2D eigenvalue weighted by Crippen LogP contribution is 2.23. The van der Waals surface area contributed by atoms with E-state index in [0.717, 1.165) is 11.4 Å². The van der Waals surface area contributed by atoms with Gasteiger partial charge >= 0.3 is 0 Å². The van der Waals surface area contributed by atoms with Gasteiger partial charge in [0.1, 0.15) is 17.2 Å². The molecule has 116 valence electrons. The largest absolute Gasteiger partial charge is 0.484 e. The Kier molecular flexibility index (Phi) is 4.91. The number of hydrogen-bond acceptors (Lipinski definition) is 4. The fourth-order valence-electron chi connectivity index (χ4n) is 1.91. The van der Waals surface area contributed by atoms with Crippen molar-refractivity contribution in [1.29, 1.82) is 0 Å². The van der Waals surface area contributed by atoms with Crippen molar-refractivity contribution in [2.45, 2.75) is 0 Å². The summed E-state index contributed by atoms with van der Waals surface area (Å²) in [5.41, 5.74) is 0.787. The Hall–Kier alpha value is -2.79. The molecule has 3 rings (SSSR count). The van der Waals surface area contributed by atoms with Crippen molar-refractivity contribution in [3.05, 3.63) is 71.4 Å². The predicted molar refractivity (Wildman–Crippen MR) is 91.4 cm³/mol. The zero-order valence-corrected chi connectivity index (χ0v) is 13.1. The molecule has 4 nitrogen and oxygen atoms in total. The second-order valence-electron chi connectivity index (χ2n) is 4.74. The molecule has 1 aromatic heterocycles. The molecule has 0 unspecified atom stereocenters. The highest BCUT2D eigenvalue weighted by atomic mass is 32.1. The SMILES string of the molecule is O=C(COc1ccc(Oc2ccccc2)cc1)Nc1ccsc1. The van der Waals surface area contributed by atoms with Crippen LogP contribution in [0.4, 0.5) is 5.69 Å². The fourth-order valence-corrected chi connectivity index (χ4v) is 2.50. The van der Waals surface area contributed by atoms with E-state index in [9.17, 15) is 4.79 Å². The van der Waals surface area contributed by atoms with Crippen molar-refractivity contribution in [3.63, 3.8) is 0 Å². The van der Waals surface area contributed by atoms with Crippen molar-refractivity contribution in [1.82, 2.24) is 0 Å². The lowest BCUT2D eigenvalue weighted by atomic mass is 10.3. The minimum atomic E-state index is -0.187. The number of nitrogens with one attached hydrogen (secondary N) is 1. The molecule has 1 amide bonds. The van der Waals surface area contributed by atoms with Crippen molar-refractivity contribution in [3.8, 4) is 17.2 Å². The van der Waals surface area contributed by atoms with E-state index in [2.05, 4.69) is 5.32 Å². The molecular formula is C18H15NO3S. The van der Waals surface area contributed by atoms with Gasteiger partial charge in [0.05, 0.1) is 5.69 Å². The first-order valence-electron chi connectivity index (χ1n) is 7.07. The highest BCUT2D eigenvalue weighted by Gasteiger charge is 2.04. The van der Waals surface area contributed by atoms with E-state index in [1.165, 1.54) is 11.3 Å². The van der Waals surface area contributed by atoms with Gasteiger partial charge in [0.25, 0.3) is 5.91 Å². The molecule has 2 aromatic carbocycles. The zero-order valence-electron chi connectivity index (χ0n) is 12.3. The second-order valence-corrected chi connectivity index (χ2v) is 5.52. The summed E-state index contributed by atoms with van der Waals surface area (Å²) >= 11 is 1.53. The fraction of sp³-hybridized carbons (Fsp3) is 0.0556. The molecule has 3 aromatic rings. The molecule has 0 aliphatic rings. The first kappa shape index (κ1) is 15.1. The van der Waals surface area contributed by atoms with Crippen molar-refractivity contribution in [2.24, 2.45) is 0 Å². The normalized spacial score (nSPS) is 10.1. The van der Waals surface area contributed by atoms with Gasteiger partial charge in [0.15, 0.2) is 6.61 Å². The molecular weight excluding hydrogens is 310 g/mol.